The van der Waals surface area contributed by atoms with Gasteiger partial charge >= 0.3 is 6.18 Å². The second-order valence-electron chi connectivity index (χ2n) is 4.33. The van der Waals surface area contributed by atoms with E-state index in [9.17, 15) is 18.0 Å². The van der Waals surface area contributed by atoms with E-state index in [1.54, 1.807) is 0 Å². The van der Waals surface area contributed by atoms with Crippen molar-refractivity contribution >= 4 is 0 Å². The second-order valence-corrected chi connectivity index (χ2v) is 4.33. The molecule has 1 heterocycles. The fourth-order valence-corrected chi connectivity index (χ4v) is 1.29. The summed E-state index contributed by atoms with van der Waals surface area (Å²) < 4.78 is 40.1. The van der Waals surface area contributed by atoms with Crippen LogP contribution < -0.4 is 10.9 Å². The number of aromatic nitrogens is 2. The molecule has 0 amide bonds. The van der Waals surface area contributed by atoms with Gasteiger partial charge in [-0.25, -0.2) is 4.98 Å². The molecule has 8 heteroatoms. The first-order chi connectivity index (χ1) is 8.76. The van der Waals surface area contributed by atoms with Gasteiger partial charge < -0.3 is 15.0 Å². The lowest BCUT2D eigenvalue weighted by molar-refractivity contribution is -0.177. The van der Waals surface area contributed by atoms with Crippen molar-refractivity contribution in [1.29, 1.82) is 0 Å². The number of rotatable bonds is 6. The Kier molecular flexibility index (Phi) is 5.49. The van der Waals surface area contributed by atoms with Crippen LogP contribution in [0.4, 0.5) is 13.2 Å². The minimum absolute atomic E-state index is 0.0808. The molecule has 0 aliphatic heterocycles. The van der Waals surface area contributed by atoms with Crippen LogP contribution in [0.25, 0.3) is 0 Å². The molecule has 5 nitrogen and oxygen atoms in total. The minimum Gasteiger partial charge on any atom is -0.364 e. The van der Waals surface area contributed by atoms with E-state index in [2.05, 4.69) is 20.0 Å². The lowest BCUT2D eigenvalue weighted by atomic mass is 10.3. The molecule has 0 aliphatic rings. The average molecular weight is 279 g/mol. The van der Waals surface area contributed by atoms with E-state index in [-0.39, 0.29) is 18.5 Å². The van der Waals surface area contributed by atoms with Gasteiger partial charge in [0, 0.05) is 18.7 Å². The van der Waals surface area contributed by atoms with Gasteiger partial charge in [0.1, 0.15) is 19.0 Å². The number of hydrogen-bond donors (Lipinski definition) is 2. The maximum Gasteiger partial charge on any atom is 0.411 e. The van der Waals surface area contributed by atoms with Gasteiger partial charge in [0.05, 0.1) is 5.69 Å². The first-order valence-corrected chi connectivity index (χ1v) is 5.73. The van der Waals surface area contributed by atoms with Gasteiger partial charge in [-0.05, 0) is 0 Å². The highest BCUT2D eigenvalue weighted by molar-refractivity contribution is 5.02. The molecule has 0 unspecified atom stereocenters. The van der Waals surface area contributed by atoms with Crippen molar-refractivity contribution in [2.24, 2.45) is 0 Å². The summed E-state index contributed by atoms with van der Waals surface area (Å²) in [6.45, 7) is 2.48. The summed E-state index contributed by atoms with van der Waals surface area (Å²) in [5.74, 6) is 0.0808. The van der Waals surface area contributed by atoms with E-state index in [1.807, 2.05) is 13.8 Å². The molecule has 0 aromatic carbocycles. The molecule has 108 valence electrons. The number of nitrogens with zero attached hydrogens (tertiary/aromatic N) is 1. The van der Waals surface area contributed by atoms with Crippen LogP contribution in [-0.2, 0) is 17.9 Å². The average Bonchev–Trinajstić information content (AvgIpc) is 2.24. The Morgan fingerprint density at radius 3 is 2.74 bits per heavy atom. The van der Waals surface area contributed by atoms with Gasteiger partial charge in [-0.2, -0.15) is 13.2 Å². The number of H-pyrrole nitrogens is 1. The van der Waals surface area contributed by atoms with Gasteiger partial charge in [0.15, 0.2) is 0 Å². The number of ether oxygens (including phenoxy) is 1. The normalized spacial score (nSPS) is 12.1. The van der Waals surface area contributed by atoms with Crippen molar-refractivity contribution in [2.45, 2.75) is 39.2 Å². The van der Waals surface area contributed by atoms with E-state index < -0.39 is 18.3 Å². The number of nitrogens with one attached hydrogen (secondary N) is 2. The van der Waals surface area contributed by atoms with Crippen LogP contribution in [0, 0.1) is 0 Å². The molecule has 1 rings (SSSR count). The summed E-state index contributed by atoms with van der Waals surface area (Å²) in [5, 5.41) is 3.06. The molecular formula is C11H16F3N3O2. The number of halogens is 3. The molecular weight excluding hydrogens is 263 g/mol. The van der Waals surface area contributed by atoms with E-state index in [0.29, 0.717) is 12.2 Å². The maximum absolute atomic E-state index is 11.9. The Bertz CT molecular complexity index is 457. The standard InChI is InChI=1S/C11H16F3N3O2/c1-7(2)15-4-8-3-10(18)17-9(16-8)5-19-6-11(12,13)14/h3,7,15H,4-6H2,1-2H3,(H,16,17,18). The van der Waals surface area contributed by atoms with E-state index in [4.69, 9.17) is 0 Å². The van der Waals surface area contributed by atoms with Crippen molar-refractivity contribution in [3.63, 3.8) is 0 Å². The molecule has 0 saturated carbocycles. The monoisotopic (exact) mass is 279 g/mol. The Labute approximate surface area is 108 Å². The molecule has 2 N–H and O–H groups in total. The Morgan fingerprint density at radius 2 is 2.16 bits per heavy atom. The van der Waals surface area contributed by atoms with Crippen molar-refractivity contribution in [3.05, 3.63) is 27.9 Å². The third-order valence-corrected chi connectivity index (χ3v) is 2.04. The lowest BCUT2D eigenvalue weighted by Crippen LogP contribution is -2.25. The largest absolute Gasteiger partial charge is 0.411 e. The SMILES string of the molecule is CC(C)NCc1cc(=O)[nH]c(COCC(F)(F)F)n1. The third-order valence-electron chi connectivity index (χ3n) is 2.04. The maximum atomic E-state index is 11.9. The molecule has 0 atom stereocenters. The van der Waals surface area contributed by atoms with Crippen LogP contribution in [0.15, 0.2) is 10.9 Å². The molecule has 0 bridgehead atoms. The smallest absolute Gasteiger partial charge is 0.364 e. The zero-order valence-electron chi connectivity index (χ0n) is 10.7. The van der Waals surface area contributed by atoms with Gasteiger partial charge in [-0.1, -0.05) is 13.8 Å². The number of alkyl halides is 3. The van der Waals surface area contributed by atoms with E-state index >= 15 is 0 Å². The van der Waals surface area contributed by atoms with E-state index in [1.165, 1.54) is 6.07 Å². The molecule has 1 aromatic rings. The van der Waals surface area contributed by atoms with Crippen LogP contribution >= 0.6 is 0 Å². The zero-order valence-corrected chi connectivity index (χ0v) is 10.7. The summed E-state index contributed by atoms with van der Waals surface area (Å²) in [6.07, 6.45) is -4.39. The highest BCUT2D eigenvalue weighted by atomic mass is 19.4. The number of aromatic amines is 1. The Hall–Kier alpha value is -1.41. The molecule has 1 aromatic heterocycles. The number of hydrogen-bond acceptors (Lipinski definition) is 4. The van der Waals surface area contributed by atoms with Crippen LogP contribution in [0.2, 0.25) is 0 Å². The second kappa shape index (κ2) is 6.67. The Balaban J connectivity index is 2.61. The zero-order chi connectivity index (χ0) is 14.5. The van der Waals surface area contributed by atoms with Crippen LogP contribution in [0.1, 0.15) is 25.4 Å². The highest BCUT2D eigenvalue weighted by Gasteiger charge is 2.27. The van der Waals surface area contributed by atoms with Crippen molar-refractivity contribution < 1.29 is 17.9 Å². The van der Waals surface area contributed by atoms with Crippen molar-refractivity contribution in [3.8, 4) is 0 Å². The van der Waals surface area contributed by atoms with Gasteiger partial charge in [0.25, 0.3) is 5.56 Å². The van der Waals surface area contributed by atoms with Crippen molar-refractivity contribution in [2.75, 3.05) is 6.61 Å². The molecule has 0 spiro atoms. The Morgan fingerprint density at radius 1 is 1.47 bits per heavy atom. The fraction of sp³-hybridized carbons (Fsp3) is 0.636. The molecule has 0 aliphatic carbocycles. The topological polar surface area (TPSA) is 67.0 Å². The third kappa shape index (κ3) is 6.92. The fourth-order valence-electron chi connectivity index (χ4n) is 1.29. The van der Waals surface area contributed by atoms with Crippen LogP contribution in [0.5, 0.6) is 0 Å². The summed E-state index contributed by atoms with van der Waals surface area (Å²) in [6, 6.07) is 1.51. The lowest BCUT2D eigenvalue weighted by Gasteiger charge is -2.09. The van der Waals surface area contributed by atoms with Gasteiger partial charge in [0.2, 0.25) is 0 Å². The molecule has 19 heavy (non-hydrogen) atoms. The van der Waals surface area contributed by atoms with Gasteiger partial charge in [-0.3, -0.25) is 4.79 Å². The van der Waals surface area contributed by atoms with Crippen LogP contribution in [0.3, 0.4) is 0 Å². The quantitative estimate of drug-likeness (QED) is 0.825. The summed E-state index contributed by atoms with van der Waals surface area (Å²) in [4.78, 5) is 17.7. The first kappa shape index (κ1) is 15.6. The summed E-state index contributed by atoms with van der Waals surface area (Å²) in [7, 11) is 0. The molecule has 0 fully saturated rings. The van der Waals surface area contributed by atoms with E-state index in [0.717, 1.165) is 0 Å². The molecule has 0 radical (unpaired) electrons. The predicted octanol–water partition coefficient (Wildman–Crippen LogP) is 1.35. The minimum atomic E-state index is -4.39. The molecule has 0 saturated heterocycles. The predicted molar refractivity (Wildman–Crippen MR) is 62.5 cm³/mol. The van der Waals surface area contributed by atoms with Crippen molar-refractivity contribution in [1.82, 2.24) is 15.3 Å². The summed E-state index contributed by atoms with van der Waals surface area (Å²) in [5.41, 5.74) is 0.0456. The van der Waals surface area contributed by atoms with Crippen LogP contribution in [-0.4, -0.2) is 28.8 Å². The van der Waals surface area contributed by atoms with Gasteiger partial charge in [-0.15, -0.1) is 0 Å². The summed E-state index contributed by atoms with van der Waals surface area (Å²) >= 11 is 0. The highest BCUT2D eigenvalue weighted by Crippen LogP contribution is 2.14. The first-order valence-electron chi connectivity index (χ1n) is 5.73.